The van der Waals surface area contributed by atoms with E-state index in [0.717, 1.165) is 12.5 Å². The minimum absolute atomic E-state index is 0.250. The van der Waals surface area contributed by atoms with Crippen LogP contribution in [0.2, 0.25) is 0 Å². The van der Waals surface area contributed by atoms with Gasteiger partial charge in [0.1, 0.15) is 0 Å². The molecule has 0 atom stereocenters. The van der Waals surface area contributed by atoms with Gasteiger partial charge in [0.05, 0.1) is 0 Å². The summed E-state index contributed by atoms with van der Waals surface area (Å²) in [4.78, 5) is 0. The molecular formula is C12H26N2. The van der Waals surface area contributed by atoms with E-state index in [4.69, 9.17) is 5.73 Å². The van der Waals surface area contributed by atoms with E-state index >= 15 is 0 Å². The molecule has 0 saturated heterocycles. The molecule has 0 aromatic rings. The first-order chi connectivity index (χ1) is 6.62. The van der Waals surface area contributed by atoms with Crippen molar-refractivity contribution >= 4 is 0 Å². The molecule has 2 heteroatoms. The first kappa shape index (κ1) is 12.0. The molecule has 0 radical (unpaired) electrons. The maximum atomic E-state index is 5.91. The van der Waals surface area contributed by atoms with Crippen molar-refractivity contribution in [1.82, 2.24) is 5.32 Å². The number of hydrogen-bond donors (Lipinski definition) is 2. The molecule has 0 bridgehead atoms. The average Bonchev–Trinajstić information content (AvgIpc) is 2.18. The number of nitrogens with two attached hydrogens (primary N) is 1. The minimum atomic E-state index is 0.250. The standard InChI is InChI=1S/C12H26N2/c1-4-11-5-7-12(9-13,8-6-11)14-10(2)3/h10-11,14H,4-9,13H2,1-3H3. The van der Waals surface area contributed by atoms with Gasteiger partial charge in [0, 0.05) is 18.1 Å². The molecule has 0 aromatic heterocycles. The van der Waals surface area contributed by atoms with E-state index in [2.05, 4.69) is 26.1 Å². The molecule has 2 nitrogen and oxygen atoms in total. The Kier molecular flexibility index (Phi) is 4.39. The fourth-order valence-electron chi connectivity index (χ4n) is 2.66. The molecule has 0 unspecified atom stereocenters. The van der Waals surface area contributed by atoms with Crippen molar-refractivity contribution in [2.24, 2.45) is 11.7 Å². The summed E-state index contributed by atoms with van der Waals surface area (Å²) < 4.78 is 0. The van der Waals surface area contributed by atoms with E-state index in [-0.39, 0.29) is 5.54 Å². The summed E-state index contributed by atoms with van der Waals surface area (Å²) in [7, 11) is 0. The Morgan fingerprint density at radius 1 is 1.36 bits per heavy atom. The third-order valence-electron chi connectivity index (χ3n) is 3.63. The zero-order valence-electron chi connectivity index (χ0n) is 9.97. The fourth-order valence-corrected chi connectivity index (χ4v) is 2.66. The van der Waals surface area contributed by atoms with Crippen LogP contribution in [0.25, 0.3) is 0 Å². The molecule has 0 amide bonds. The topological polar surface area (TPSA) is 38.0 Å². The van der Waals surface area contributed by atoms with Crippen LogP contribution in [0, 0.1) is 5.92 Å². The summed E-state index contributed by atoms with van der Waals surface area (Å²) in [6.45, 7) is 7.52. The van der Waals surface area contributed by atoms with Gasteiger partial charge in [-0.25, -0.2) is 0 Å². The van der Waals surface area contributed by atoms with Crippen LogP contribution in [-0.4, -0.2) is 18.1 Å². The van der Waals surface area contributed by atoms with E-state index in [1.807, 2.05) is 0 Å². The molecule has 0 aliphatic heterocycles. The first-order valence-corrected chi connectivity index (χ1v) is 6.09. The van der Waals surface area contributed by atoms with Gasteiger partial charge in [0.15, 0.2) is 0 Å². The molecule has 1 aliphatic carbocycles. The summed E-state index contributed by atoms with van der Waals surface area (Å²) >= 11 is 0. The fraction of sp³-hybridized carbons (Fsp3) is 1.00. The Hall–Kier alpha value is -0.0800. The Balaban J connectivity index is 2.48. The van der Waals surface area contributed by atoms with Crippen LogP contribution >= 0.6 is 0 Å². The van der Waals surface area contributed by atoms with Crippen LogP contribution in [-0.2, 0) is 0 Å². The van der Waals surface area contributed by atoms with Gasteiger partial charge in [-0.05, 0) is 31.6 Å². The molecule has 14 heavy (non-hydrogen) atoms. The summed E-state index contributed by atoms with van der Waals surface area (Å²) in [5, 5.41) is 3.66. The Morgan fingerprint density at radius 3 is 2.29 bits per heavy atom. The van der Waals surface area contributed by atoms with Crippen LogP contribution in [0.15, 0.2) is 0 Å². The van der Waals surface area contributed by atoms with Crippen LogP contribution in [0.3, 0.4) is 0 Å². The first-order valence-electron chi connectivity index (χ1n) is 6.09. The van der Waals surface area contributed by atoms with Crippen LogP contribution in [0.5, 0.6) is 0 Å². The van der Waals surface area contributed by atoms with Crippen molar-refractivity contribution < 1.29 is 0 Å². The maximum absolute atomic E-state index is 5.91. The predicted octanol–water partition coefficient (Wildman–Crippen LogP) is 2.28. The summed E-state index contributed by atoms with van der Waals surface area (Å²) in [5.41, 5.74) is 6.16. The predicted molar refractivity (Wildman–Crippen MR) is 62.3 cm³/mol. The molecule has 1 aliphatic rings. The summed E-state index contributed by atoms with van der Waals surface area (Å²) in [6, 6.07) is 0.553. The van der Waals surface area contributed by atoms with Crippen molar-refractivity contribution in [2.75, 3.05) is 6.54 Å². The smallest absolute Gasteiger partial charge is 0.0306 e. The van der Waals surface area contributed by atoms with Gasteiger partial charge < -0.3 is 11.1 Å². The minimum Gasteiger partial charge on any atom is -0.329 e. The van der Waals surface area contributed by atoms with Crippen LogP contribution in [0.4, 0.5) is 0 Å². The SMILES string of the molecule is CCC1CCC(CN)(NC(C)C)CC1. The summed E-state index contributed by atoms with van der Waals surface area (Å²) in [5.74, 6) is 0.948. The Bertz CT molecular complexity index is 158. The largest absolute Gasteiger partial charge is 0.329 e. The van der Waals surface area contributed by atoms with Crippen molar-refractivity contribution in [3.8, 4) is 0 Å². The third kappa shape index (κ3) is 2.96. The normalized spacial score (nSPS) is 33.6. The van der Waals surface area contributed by atoms with Gasteiger partial charge in [0.2, 0.25) is 0 Å². The van der Waals surface area contributed by atoms with Crippen LogP contribution in [0.1, 0.15) is 52.9 Å². The highest BCUT2D eigenvalue weighted by Gasteiger charge is 2.33. The second-order valence-corrected chi connectivity index (χ2v) is 5.14. The van der Waals surface area contributed by atoms with E-state index < -0.39 is 0 Å². The van der Waals surface area contributed by atoms with Crippen molar-refractivity contribution in [3.63, 3.8) is 0 Å². The van der Waals surface area contributed by atoms with Gasteiger partial charge in [-0.15, -0.1) is 0 Å². The molecular weight excluding hydrogens is 172 g/mol. The van der Waals surface area contributed by atoms with Gasteiger partial charge in [-0.3, -0.25) is 0 Å². The number of nitrogens with one attached hydrogen (secondary N) is 1. The molecule has 84 valence electrons. The van der Waals surface area contributed by atoms with E-state index in [0.29, 0.717) is 6.04 Å². The van der Waals surface area contributed by atoms with Gasteiger partial charge >= 0.3 is 0 Å². The van der Waals surface area contributed by atoms with E-state index in [1.54, 1.807) is 0 Å². The molecule has 1 saturated carbocycles. The monoisotopic (exact) mass is 198 g/mol. The third-order valence-corrected chi connectivity index (χ3v) is 3.63. The maximum Gasteiger partial charge on any atom is 0.0306 e. The van der Waals surface area contributed by atoms with Gasteiger partial charge in [-0.2, -0.15) is 0 Å². The number of rotatable bonds is 4. The quantitative estimate of drug-likeness (QED) is 0.727. The zero-order valence-corrected chi connectivity index (χ0v) is 9.97. The van der Waals surface area contributed by atoms with Crippen molar-refractivity contribution in [1.29, 1.82) is 0 Å². The Morgan fingerprint density at radius 2 is 1.93 bits per heavy atom. The van der Waals surface area contributed by atoms with Gasteiger partial charge in [-0.1, -0.05) is 27.2 Å². The lowest BCUT2D eigenvalue weighted by Gasteiger charge is -2.41. The molecule has 0 spiro atoms. The lowest BCUT2D eigenvalue weighted by molar-refractivity contribution is 0.180. The lowest BCUT2D eigenvalue weighted by atomic mass is 9.75. The average molecular weight is 198 g/mol. The molecule has 3 N–H and O–H groups in total. The van der Waals surface area contributed by atoms with E-state index in [1.165, 1.54) is 32.1 Å². The second-order valence-electron chi connectivity index (χ2n) is 5.14. The highest BCUT2D eigenvalue weighted by Crippen LogP contribution is 2.33. The Labute approximate surface area is 88.6 Å². The van der Waals surface area contributed by atoms with Gasteiger partial charge in [0.25, 0.3) is 0 Å². The molecule has 0 heterocycles. The highest BCUT2D eigenvalue weighted by atomic mass is 15.0. The zero-order chi connectivity index (χ0) is 10.6. The molecule has 1 rings (SSSR count). The second kappa shape index (κ2) is 5.13. The number of hydrogen-bond acceptors (Lipinski definition) is 2. The molecule has 1 fully saturated rings. The van der Waals surface area contributed by atoms with E-state index in [9.17, 15) is 0 Å². The lowest BCUT2D eigenvalue weighted by Crippen LogP contribution is -2.55. The molecule has 0 aromatic carbocycles. The summed E-state index contributed by atoms with van der Waals surface area (Å²) in [6.07, 6.45) is 6.57. The van der Waals surface area contributed by atoms with Crippen molar-refractivity contribution in [3.05, 3.63) is 0 Å². The van der Waals surface area contributed by atoms with Crippen molar-refractivity contribution in [2.45, 2.75) is 64.5 Å². The van der Waals surface area contributed by atoms with Crippen LogP contribution < -0.4 is 11.1 Å². The highest BCUT2D eigenvalue weighted by molar-refractivity contribution is 4.94.